The molecule has 2 amide bonds. The number of H-pyrrole nitrogens is 1. The number of aromatic nitrogens is 1. The Morgan fingerprint density at radius 1 is 1.18 bits per heavy atom. The summed E-state index contributed by atoms with van der Waals surface area (Å²) in [7, 11) is 0. The number of rotatable bonds is 12. The molecule has 0 bridgehead atoms. The van der Waals surface area contributed by atoms with E-state index in [0.29, 0.717) is 39.1 Å². The molecule has 11 nitrogen and oxygen atoms in total. The molecule has 1 aromatic heterocycles. The maximum Gasteiger partial charge on any atom is 0.329 e. The highest BCUT2D eigenvalue weighted by Gasteiger charge is 2.30. The van der Waals surface area contributed by atoms with Crippen molar-refractivity contribution < 1.29 is 28.6 Å². The number of para-hydroxylation sites is 1. The number of esters is 1. The average molecular weight is 527 g/mol. The van der Waals surface area contributed by atoms with Crippen molar-refractivity contribution in [2.24, 2.45) is 0 Å². The summed E-state index contributed by atoms with van der Waals surface area (Å²) in [4.78, 5) is 47.6. The number of morpholine rings is 1. The van der Waals surface area contributed by atoms with E-state index in [9.17, 15) is 14.4 Å². The van der Waals surface area contributed by atoms with Gasteiger partial charge >= 0.3 is 5.97 Å². The van der Waals surface area contributed by atoms with E-state index in [1.54, 1.807) is 20.8 Å². The zero-order chi connectivity index (χ0) is 27.5. The summed E-state index contributed by atoms with van der Waals surface area (Å²) in [6.07, 6.45) is 4.61. The van der Waals surface area contributed by atoms with E-state index in [1.807, 2.05) is 35.4 Å². The van der Waals surface area contributed by atoms with E-state index < -0.39 is 29.6 Å². The van der Waals surface area contributed by atoms with Crippen LogP contribution in [0.5, 0.6) is 0 Å². The fourth-order valence-corrected chi connectivity index (χ4v) is 4.30. The topological polar surface area (TPSA) is 149 Å². The van der Waals surface area contributed by atoms with E-state index in [2.05, 4.69) is 20.4 Å². The van der Waals surface area contributed by atoms with Crippen LogP contribution in [0.1, 0.15) is 45.6 Å². The van der Waals surface area contributed by atoms with Crippen molar-refractivity contribution in [1.29, 1.82) is 0 Å². The number of hydrogen-bond donors (Lipinski definition) is 3. The minimum absolute atomic E-state index is 0.150. The number of benzene rings is 1. The van der Waals surface area contributed by atoms with Crippen molar-refractivity contribution in [3.05, 3.63) is 41.6 Å². The van der Waals surface area contributed by atoms with Crippen LogP contribution in [-0.2, 0) is 30.3 Å². The molecule has 2 atom stereocenters. The minimum atomic E-state index is -0.921. The van der Waals surface area contributed by atoms with Crippen molar-refractivity contribution in [2.75, 3.05) is 32.8 Å². The van der Waals surface area contributed by atoms with Crippen LogP contribution in [0.4, 0.5) is 0 Å². The number of aromatic amines is 1. The summed E-state index contributed by atoms with van der Waals surface area (Å²) in [5, 5.41) is 6.65. The SMILES string of the molecule is CC(C)(C)OC(=O)[C@H](CCCC=[N+]=[N-])NC(=O)[C@H](Cc1c[nH]c2ccccc12)NC(=O)CN1CCOCC1. The van der Waals surface area contributed by atoms with Crippen LogP contribution in [0, 0.1) is 0 Å². The van der Waals surface area contributed by atoms with Crippen LogP contribution < -0.4 is 10.6 Å². The van der Waals surface area contributed by atoms with E-state index in [4.69, 9.17) is 15.0 Å². The van der Waals surface area contributed by atoms with Gasteiger partial charge in [-0.3, -0.25) is 14.5 Å². The van der Waals surface area contributed by atoms with Crippen molar-refractivity contribution in [3.8, 4) is 0 Å². The van der Waals surface area contributed by atoms with E-state index in [-0.39, 0.29) is 25.3 Å². The van der Waals surface area contributed by atoms with Gasteiger partial charge in [-0.15, -0.1) is 0 Å². The number of fused-ring (bicyclic) bond motifs is 1. The summed E-state index contributed by atoms with van der Waals surface area (Å²) >= 11 is 0. The molecule has 11 heteroatoms. The first-order chi connectivity index (χ1) is 18.2. The van der Waals surface area contributed by atoms with Gasteiger partial charge in [-0.1, -0.05) is 18.2 Å². The maximum absolute atomic E-state index is 13.6. The van der Waals surface area contributed by atoms with E-state index in [0.717, 1.165) is 16.5 Å². The number of ether oxygens (including phenoxy) is 2. The van der Waals surface area contributed by atoms with Crippen molar-refractivity contribution >= 4 is 34.9 Å². The molecule has 0 unspecified atom stereocenters. The molecule has 0 aliphatic carbocycles. The largest absolute Gasteiger partial charge is 0.458 e. The molecule has 2 heterocycles. The van der Waals surface area contributed by atoms with Gasteiger partial charge in [-0.2, -0.15) is 4.79 Å². The number of hydrogen-bond acceptors (Lipinski definition) is 6. The third kappa shape index (κ3) is 9.09. The minimum Gasteiger partial charge on any atom is -0.458 e. The molecule has 1 saturated heterocycles. The quantitative estimate of drug-likeness (QED) is 0.126. The van der Waals surface area contributed by atoms with Crippen molar-refractivity contribution in [3.63, 3.8) is 0 Å². The van der Waals surface area contributed by atoms with Gasteiger partial charge in [-0.05, 0) is 45.2 Å². The third-order valence-corrected chi connectivity index (χ3v) is 6.14. The van der Waals surface area contributed by atoms with Crippen LogP contribution in [0.25, 0.3) is 16.4 Å². The molecule has 1 aromatic carbocycles. The van der Waals surface area contributed by atoms with Gasteiger partial charge < -0.3 is 30.6 Å². The number of unbranched alkanes of at least 4 members (excludes halogenated alkanes) is 1. The van der Waals surface area contributed by atoms with Crippen LogP contribution in [0.3, 0.4) is 0 Å². The van der Waals surface area contributed by atoms with Gasteiger partial charge in [0.1, 0.15) is 17.7 Å². The van der Waals surface area contributed by atoms with Crippen molar-refractivity contribution in [1.82, 2.24) is 20.5 Å². The number of carbonyl (C=O) groups excluding carboxylic acids is 3. The Balaban J connectivity index is 1.77. The predicted molar refractivity (Wildman–Crippen MR) is 143 cm³/mol. The zero-order valence-corrected chi connectivity index (χ0v) is 22.4. The first kappa shape index (κ1) is 29.0. The lowest BCUT2D eigenvalue weighted by atomic mass is 10.0. The number of amides is 2. The molecule has 3 N–H and O–H groups in total. The van der Waals surface area contributed by atoms with Gasteiger partial charge in [0, 0.05) is 43.0 Å². The lowest BCUT2D eigenvalue weighted by molar-refractivity contribution is -0.159. The number of carbonyl (C=O) groups is 3. The van der Waals surface area contributed by atoms with E-state index >= 15 is 0 Å². The van der Waals surface area contributed by atoms with Gasteiger partial charge in [-0.25, -0.2) is 4.79 Å². The Bertz CT molecular complexity index is 1140. The van der Waals surface area contributed by atoms with Crippen LogP contribution in [-0.4, -0.2) is 89.2 Å². The summed E-state index contributed by atoms with van der Waals surface area (Å²) in [5.74, 6) is -1.31. The molecule has 1 aliphatic heterocycles. The molecule has 0 radical (unpaired) electrons. The van der Waals surface area contributed by atoms with Gasteiger partial charge in [0.15, 0.2) is 0 Å². The van der Waals surface area contributed by atoms with Crippen LogP contribution in [0.15, 0.2) is 30.5 Å². The second-order valence-corrected chi connectivity index (χ2v) is 10.4. The molecule has 38 heavy (non-hydrogen) atoms. The van der Waals surface area contributed by atoms with Gasteiger partial charge in [0.05, 0.1) is 19.8 Å². The Hall–Kier alpha value is -3.53. The van der Waals surface area contributed by atoms with Gasteiger partial charge in [0.2, 0.25) is 11.8 Å². The Labute approximate surface area is 222 Å². The van der Waals surface area contributed by atoms with Crippen molar-refractivity contribution in [2.45, 2.75) is 64.1 Å². The Morgan fingerprint density at radius 2 is 1.92 bits per heavy atom. The average Bonchev–Trinajstić information content (AvgIpc) is 3.27. The summed E-state index contributed by atoms with van der Waals surface area (Å²) in [6.45, 7) is 7.83. The first-order valence-corrected chi connectivity index (χ1v) is 13.0. The smallest absolute Gasteiger partial charge is 0.329 e. The second-order valence-electron chi connectivity index (χ2n) is 10.4. The molecule has 3 rings (SSSR count). The third-order valence-electron chi connectivity index (χ3n) is 6.14. The highest BCUT2D eigenvalue weighted by Crippen LogP contribution is 2.19. The normalized spacial score (nSPS) is 15.8. The second kappa shape index (κ2) is 13.9. The van der Waals surface area contributed by atoms with Crippen LogP contribution >= 0.6 is 0 Å². The monoisotopic (exact) mass is 526 g/mol. The number of nitrogens with zero attached hydrogens (tertiary/aromatic N) is 3. The standard InChI is InChI=1S/C27H38N6O5/c1-27(2,3)38-26(36)22(10-6-7-11-30-28)32-25(35)23(31-24(34)18-33-12-14-37-15-13-33)16-19-17-29-21-9-5-4-8-20(19)21/h4-5,8-9,11,17,22-23,29H,6-7,10,12-16,18H2,1-3H3,(H,31,34)(H,32,35)/t22-,23-/m0/s1. The lowest BCUT2D eigenvalue weighted by Crippen LogP contribution is -2.55. The molecule has 0 spiro atoms. The zero-order valence-electron chi connectivity index (χ0n) is 22.4. The number of nitrogens with one attached hydrogen (secondary N) is 3. The predicted octanol–water partition coefficient (Wildman–Crippen LogP) is 1.82. The first-order valence-electron chi connectivity index (χ1n) is 13.0. The summed E-state index contributed by atoms with van der Waals surface area (Å²) in [6, 6.07) is 5.91. The summed E-state index contributed by atoms with van der Waals surface area (Å²) in [5.41, 5.74) is 9.74. The van der Waals surface area contributed by atoms with E-state index in [1.165, 1.54) is 6.21 Å². The molecule has 206 valence electrons. The van der Waals surface area contributed by atoms with Gasteiger partial charge in [0.25, 0.3) is 6.21 Å². The molecule has 1 aliphatic rings. The fraction of sp³-hybridized carbons (Fsp3) is 0.556. The van der Waals surface area contributed by atoms with Crippen LogP contribution in [0.2, 0.25) is 0 Å². The fourth-order valence-electron chi connectivity index (χ4n) is 4.30. The molecular weight excluding hydrogens is 488 g/mol. The molecule has 2 aromatic rings. The highest BCUT2D eigenvalue weighted by atomic mass is 16.6. The Kier molecular flexibility index (Phi) is 10.6. The highest BCUT2D eigenvalue weighted by molar-refractivity contribution is 5.92. The maximum atomic E-state index is 13.6. The molecule has 0 saturated carbocycles. The lowest BCUT2D eigenvalue weighted by Gasteiger charge is -2.28. The summed E-state index contributed by atoms with van der Waals surface area (Å²) < 4.78 is 10.9. The Morgan fingerprint density at radius 3 is 2.63 bits per heavy atom. The molecule has 1 fully saturated rings. The molecular formula is C27H38N6O5.